The molecular weight excluding hydrogens is 166 g/mol. The van der Waals surface area contributed by atoms with Crippen LogP contribution in [-0.2, 0) is 4.74 Å². The van der Waals surface area contributed by atoms with Gasteiger partial charge in [0.2, 0.25) is 0 Å². The first-order chi connectivity index (χ1) is 6.36. The second-order valence-electron chi connectivity index (χ2n) is 3.25. The van der Waals surface area contributed by atoms with Crippen molar-refractivity contribution in [2.24, 2.45) is 0 Å². The molecule has 2 rings (SSSR count). The molecule has 2 N–H and O–H groups in total. The largest absolute Gasteiger partial charge is 0.384 e. The maximum absolute atomic E-state index is 5.58. The topological polar surface area (TPSA) is 61.0 Å². The molecule has 0 bridgehead atoms. The van der Waals surface area contributed by atoms with Crippen LogP contribution in [-0.4, -0.2) is 23.2 Å². The van der Waals surface area contributed by atoms with E-state index in [4.69, 9.17) is 10.5 Å². The SMILES string of the molecule is Nc1cc(C2CCOCC2)ncn1. The van der Waals surface area contributed by atoms with Crippen molar-refractivity contribution in [3.63, 3.8) is 0 Å². The summed E-state index contributed by atoms with van der Waals surface area (Å²) in [5.41, 5.74) is 6.63. The smallest absolute Gasteiger partial charge is 0.127 e. The number of nitrogens with two attached hydrogens (primary N) is 1. The van der Waals surface area contributed by atoms with E-state index in [9.17, 15) is 0 Å². The zero-order valence-corrected chi connectivity index (χ0v) is 7.44. The Bertz CT molecular complexity index is 284. The molecule has 0 radical (unpaired) electrons. The van der Waals surface area contributed by atoms with E-state index in [0.29, 0.717) is 11.7 Å². The van der Waals surface area contributed by atoms with Gasteiger partial charge in [0, 0.05) is 30.9 Å². The minimum absolute atomic E-state index is 0.499. The Hall–Kier alpha value is -1.16. The molecule has 1 aliphatic heterocycles. The molecule has 1 fully saturated rings. The Balaban J connectivity index is 2.14. The van der Waals surface area contributed by atoms with Gasteiger partial charge >= 0.3 is 0 Å². The molecule has 1 saturated heterocycles. The molecule has 1 aliphatic rings. The van der Waals surface area contributed by atoms with Crippen LogP contribution >= 0.6 is 0 Å². The van der Waals surface area contributed by atoms with Crippen molar-refractivity contribution in [1.29, 1.82) is 0 Å². The van der Waals surface area contributed by atoms with E-state index >= 15 is 0 Å². The zero-order valence-electron chi connectivity index (χ0n) is 7.44. The summed E-state index contributed by atoms with van der Waals surface area (Å²) in [6.45, 7) is 1.66. The highest BCUT2D eigenvalue weighted by Gasteiger charge is 2.16. The van der Waals surface area contributed by atoms with Crippen LogP contribution in [0.4, 0.5) is 5.82 Å². The van der Waals surface area contributed by atoms with Crippen molar-refractivity contribution in [3.8, 4) is 0 Å². The average molecular weight is 179 g/mol. The summed E-state index contributed by atoms with van der Waals surface area (Å²) in [6, 6.07) is 1.86. The summed E-state index contributed by atoms with van der Waals surface area (Å²) < 4.78 is 5.28. The third-order valence-corrected chi connectivity index (χ3v) is 2.35. The standard InChI is InChI=1S/C9H13N3O/c10-9-5-8(11-6-12-9)7-1-3-13-4-2-7/h5-7H,1-4H2,(H2,10,11,12). The Labute approximate surface area is 77.1 Å². The van der Waals surface area contributed by atoms with Crippen molar-refractivity contribution in [1.82, 2.24) is 9.97 Å². The zero-order chi connectivity index (χ0) is 9.10. The highest BCUT2D eigenvalue weighted by atomic mass is 16.5. The minimum Gasteiger partial charge on any atom is -0.384 e. The molecule has 0 amide bonds. The normalized spacial score (nSPS) is 18.8. The van der Waals surface area contributed by atoms with Gasteiger partial charge in [-0.1, -0.05) is 0 Å². The minimum atomic E-state index is 0.499. The van der Waals surface area contributed by atoms with Gasteiger partial charge in [-0.05, 0) is 12.8 Å². The second kappa shape index (κ2) is 3.70. The number of ether oxygens (including phenoxy) is 1. The second-order valence-corrected chi connectivity index (χ2v) is 3.25. The fraction of sp³-hybridized carbons (Fsp3) is 0.556. The summed E-state index contributed by atoms with van der Waals surface area (Å²) in [4.78, 5) is 8.09. The number of nitrogen functional groups attached to an aromatic ring is 1. The van der Waals surface area contributed by atoms with Gasteiger partial charge in [-0.15, -0.1) is 0 Å². The number of hydrogen-bond donors (Lipinski definition) is 1. The van der Waals surface area contributed by atoms with Gasteiger partial charge in [0.05, 0.1) is 0 Å². The lowest BCUT2D eigenvalue weighted by atomic mass is 9.96. The molecule has 0 spiro atoms. The van der Waals surface area contributed by atoms with Gasteiger partial charge in [0.25, 0.3) is 0 Å². The summed E-state index contributed by atoms with van der Waals surface area (Å²) >= 11 is 0. The first kappa shape index (κ1) is 8.44. The van der Waals surface area contributed by atoms with Crippen LogP contribution in [0.25, 0.3) is 0 Å². The van der Waals surface area contributed by atoms with Crippen molar-refractivity contribution < 1.29 is 4.74 Å². The maximum atomic E-state index is 5.58. The molecule has 0 saturated carbocycles. The number of rotatable bonds is 1. The number of hydrogen-bond acceptors (Lipinski definition) is 4. The average Bonchev–Trinajstić information content (AvgIpc) is 2.19. The van der Waals surface area contributed by atoms with Gasteiger partial charge in [-0.2, -0.15) is 0 Å². The monoisotopic (exact) mass is 179 g/mol. The van der Waals surface area contributed by atoms with E-state index in [0.717, 1.165) is 31.7 Å². The maximum Gasteiger partial charge on any atom is 0.127 e. The third-order valence-electron chi connectivity index (χ3n) is 2.35. The molecule has 0 aromatic carbocycles. The fourth-order valence-corrected chi connectivity index (χ4v) is 1.60. The van der Waals surface area contributed by atoms with Gasteiger partial charge in [-0.25, -0.2) is 9.97 Å². The van der Waals surface area contributed by atoms with Crippen LogP contribution in [0.1, 0.15) is 24.5 Å². The van der Waals surface area contributed by atoms with Crippen LogP contribution in [0.3, 0.4) is 0 Å². The lowest BCUT2D eigenvalue weighted by Crippen LogP contribution is -2.15. The van der Waals surface area contributed by atoms with Gasteiger partial charge in [0.15, 0.2) is 0 Å². The molecule has 1 aromatic heterocycles. The molecule has 70 valence electrons. The molecular formula is C9H13N3O. The van der Waals surface area contributed by atoms with Gasteiger partial charge in [0.1, 0.15) is 12.1 Å². The highest BCUT2D eigenvalue weighted by molar-refractivity contribution is 5.29. The number of anilines is 1. The van der Waals surface area contributed by atoms with E-state index in [1.807, 2.05) is 6.07 Å². The highest BCUT2D eigenvalue weighted by Crippen LogP contribution is 2.25. The molecule has 4 nitrogen and oxygen atoms in total. The first-order valence-corrected chi connectivity index (χ1v) is 4.51. The Morgan fingerprint density at radius 2 is 2.08 bits per heavy atom. The van der Waals surface area contributed by atoms with E-state index in [2.05, 4.69) is 9.97 Å². The molecule has 1 aromatic rings. The predicted molar refractivity (Wildman–Crippen MR) is 49.2 cm³/mol. The van der Waals surface area contributed by atoms with E-state index < -0.39 is 0 Å². The van der Waals surface area contributed by atoms with Crippen LogP contribution in [0.15, 0.2) is 12.4 Å². The lowest BCUT2D eigenvalue weighted by molar-refractivity contribution is 0.0845. The van der Waals surface area contributed by atoms with Crippen LogP contribution in [0, 0.1) is 0 Å². The number of nitrogens with zero attached hydrogens (tertiary/aromatic N) is 2. The predicted octanol–water partition coefficient (Wildman–Crippen LogP) is 0.953. The molecule has 4 heteroatoms. The number of aromatic nitrogens is 2. The van der Waals surface area contributed by atoms with Crippen LogP contribution in [0.5, 0.6) is 0 Å². The van der Waals surface area contributed by atoms with E-state index in [1.54, 1.807) is 0 Å². The Kier molecular flexibility index (Phi) is 2.40. The summed E-state index contributed by atoms with van der Waals surface area (Å²) in [5.74, 6) is 1.05. The van der Waals surface area contributed by atoms with E-state index in [-0.39, 0.29) is 0 Å². The molecule has 13 heavy (non-hydrogen) atoms. The quantitative estimate of drug-likeness (QED) is 0.697. The van der Waals surface area contributed by atoms with Gasteiger partial charge in [-0.3, -0.25) is 0 Å². The molecule has 0 unspecified atom stereocenters. The molecule has 2 heterocycles. The molecule has 0 aliphatic carbocycles. The van der Waals surface area contributed by atoms with E-state index in [1.165, 1.54) is 6.33 Å². The van der Waals surface area contributed by atoms with Crippen LogP contribution < -0.4 is 5.73 Å². The Morgan fingerprint density at radius 3 is 2.77 bits per heavy atom. The summed E-state index contributed by atoms with van der Waals surface area (Å²) in [5, 5.41) is 0. The van der Waals surface area contributed by atoms with Crippen molar-refractivity contribution in [2.45, 2.75) is 18.8 Å². The first-order valence-electron chi connectivity index (χ1n) is 4.51. The lowest BCUT2D eigenvalue weighted by Gasteiger charge is -2.21. The summed E-state index contributed by atoms with van der Waals surface area (Å²) in [7, 11) is 0. The van der Waals surface area contributed by atoms with Crippen molar-refractivity contribution in [3.05, 3.63) is 18.1 Å². The third kappa shape index (κ3) is 1.95. The van der Waals surface area contributed by atoms with Crippen molar-refractivity contribution in [2.75, 3.05) is 18.9 Å². The van der Waals surface area contributed by atoms with Crippen LogP contribution in [0.2, 0.25) is 0 Å². The Morgan fingerprint density at radius 1 is 1.31 bits per heavy atom. The fourth-order valence-electron chi connectivity index (χ4n) is 1.60. The van der Waals surface area contributed by atoms with Gasteiger partial charge < -0.3 is 10.5 Å². The molecule has 0 atom stereocenters. The summed E-state index contributed by atoms with van der Waals surface area (Å²) in [6.07, 6.45) is 3.60. The van der Waals surface area contributed by atoms with Crippen molar-refractivity contribution >= 4 is 5.82 Å².